The Hall–Kier alpha value is -0.920. The summed E-state index contributed by atoms with van der Waals surface area (Å²) in [4.78, 5) is 19.5. The van der Waals surface area contributed by atoms with Crippen LogP contribution in [0.5, 0.6) is 0 Å². The second kappa shape index (κ2) is 6.24. The molecule has 1 aliphatic heterocycles. The number of hydrogen-bond donors (Lipinski definition) is 0. The lowest BCUT2D eigenvalue weighted by Crippen LogP contribution is -2.31. The largest absolute Gasteiger partial charge is 0.341 e. The maximum Gasteiger partial charge on any atom is 0.230 e. The summed E-state index contributed by atoms with van der Waals surface area (Å²) in [6.45, 7) is 3.95. The van der Waals surface area contributed by atoms with Crippen molar-refractivity contribution in [3.63, 3.8) is 0 Å². The molecule has 0 aromatic carbocycles. The predicted octanol–water partition coefficient (Wildman–Crippen LogP) is 3.43. The van der Waals surface area contributed by atoms with Crippen LogP contribution in [0.1, 0.15) is 25.0 Å². The zero-order valence-electron chi connectivity index (χ0n) is 11.0. The number of halogens is 1. The van der Waals surface area contributed by atoms with Gasteiger partial charge in [0.2, 0.25) is 16.4 Å². The van der Waals surface area contributed by atoms with Crippen LogP contribution in [0.15, 0.2) is 14.9 Å². The van der Waals surface area contributed by atoms with E-state index in [4.69, 9.17) is 11.6 Å². The van der Waals surface area contributed by atoms with E-state index in [-0.39, 0.29) is 5.28 Å². The average molecular weight is 328 g/mol. The second-order valence-electron chi connectivity index (χ2n) is 4.59. The molecular formula is C12H14ClN5S2. The molecule has 0 atom stereocenters. The number of aromatic nitrogens is 4. The molecule has 0 unspecified atom stereocenters. The topological polar surface area (TPSA) is 54.8 Å². The average Bonchev–Trinajstić information content (AvgIpc) is 2.84. The predicted molar refractivity (Wildman–Crippen MR) is 81.9 cm³/mol. The fourth-order valence-electron chi connectivity index (χ4n) is 2.06. The molecule has 2 aromatic rings. The van der Waals surface area contributed by atoms with Crippen LogP contribution < -0.4 is 4.90 Å². The first kappa shape index (κ1) is 14.0. The maximum atomic E-state index is 6.02. The summed E-state index contributed by atoms with van der Waals surface area (Å²) in [6, 6.07) is 0. The minimum Gasteiger partial charge on any atom is -0.341 e. The van der Waals surface area contributed by atoms with E-state index in [1.54, 1.807) is 11.3 Å². The smallest absolute Gasteiger partial charge is 0.230 e. The first-order chi connectivity index (χ1) is 9.70. The standard InChI is InChI=1S/C12H14ClN5S2/c1-8-7-19-12(14-8)20-11-16-9(13)15-10(17-11)18-5-3-2-4-6-18/h7H,2-6H2,1H3. The van der Waals surface area contributed by atoms with Gasteiger partial charge in [-0.25, -0.2) is 4.98 Å². The van der Waals surface area contributed by atoms with Gasteiger partial charge < -0.3 is 4.90 Å². The van der Waals surface area contributed by atoms with Crippen molar-refractivity contribution in [1.29, 1.82) is 0 Å². The van der Waals surface area contributed by atoms with Crippen molar-refractivity contribution < 1.29 is 0 Å². The van der Waals surface area contributed by atoms with Gasteiger partial charge in [0.15, 0.2) is 4.34 Å². The van der Waals surface area contributed by atoms with E-state index in [0.29, 0.717) is 11.1 Å². The Balaban J connectivity index is 1.82. The number of anilines is 1. The molecule has 0 aliphatic carbocycles. The Morgan fingerprint density at radius 2 is 1.95 bits per heavy atom. The Bertz CT molecular complexity index is 597. The van der Waals surface area contributed by atoms with Crippen molar-refractivity contribution in [3.8, 4) is 0 Å². The number of piperidine rings is 1. The first-order valence-electron chi connectivity index (χ1n) is 6.47. The Morgan fingerprint density at radius 3 is 2.65 bits per heavy atom. The molecule has 0 spiro atoms. The third-order valence-corrected chi connectivity index (χ3v) is 5.08. The lowest BCUT2D eigenvalue weighted by atomic mass is 10.1. The Labute approximate surface area is 130 Å². The normalized spacial score (nSPS) is 15.6. The van der Waals surface area contributed by atoms with Gasteiger partial charge >= 0.3 is 0 Å². The van der Waals surface area contributed by atoms with Gasteiger partial charge in [-0.2, -0.15) is 15.0 Å². The van der Waals surface area contributed by atoms with Gasteiger partial charge in [-0.3, -0.25) is 0 Å². The van der Waals surface area contributed by atoms with Gasteiger partial charge in [-0.15, -0.1) is 11.3 Å². The van der Waals surface area contributed by atoms with E-state index in [1.807, 2.05) is 12.3 Å². The van der Waals surface area contributed by atoms with Crippen LogP contribution in [0.3, 0.4) is 0 Å². The molecule has 3 rings (SSSR count). The highest BCUT2D eigenvalue weighted by Crippen LogP contribution is 2.29. The summed E-state index contributed by atoms with van der Waals surface area (Å²) in [5.74, 6) is 0.681. The van der Waals surface area contributed by atoms with Crippen molar-refractivity contribution in [1.82, 2.24) is 19.9 Å². The lowest BCUT2D eigenvalue weighted by Gasteiger charge is -2.26. The summed E-state index contributed by atoms with van der Waals surface area (Å²) in [5, 5.41) is 2.87. The summed E-state index contributed by atoms with van der Waals surface area (Å²) < 4.78 is 0.925. The minimum absolute atomic E-state index is 0.247. The van der Waals surface area contributed by atoms with E-state index in [9.17, 15) is 0 Å². The van der Waals surface area contributed by atoms with E-state index in [1.165, 1.54) is 31.0 Å². The molecule has 0 radical (unpaired) electrons. The molecule has 20 heavy (non-hydrogen) atoms. The molecule has 0 bridgehead atoms. The van der Waals surface area contributed by atoms with Crippen molar-refractivity contribution in [2.75, 3.05) is 18.0 Å². The van der Waals surface area contributed by atoms with E-state index < -0.39 is 0 Å². The van der Waals surface area contributed by atoms with E-state index >= 15 is 0 Å². The molecule has 3 heterocycles. The summed E-state index contributed by atoms with van der Waals surface area (Å²) >= 11 is 9.04. The molecule has 2 aromatic heterocycles. The quantitative estimate of drug-likeness (QED) is 0.860. The van der Waals surface area contributed by atoms with Crippen molar-refractivity contribution in [2.45, 2.75) is 35.7 Å². The molecule has 0 amide bonds. The van der Waals surface area contributed by atoms with Crippen molar-refractivity contribution in [2.24, 2.45) is 0 Å². The fourth-order valence-corrected chi connectivity index (χ4v) is 3.95. The van der Waals surface area contributed by atoms with Gasteiger partial charge in [-0.1, -0.05) is 0 Å². The van der Waals surface area contributed by atoms with Gasteiger partial charge in [-0.05, 0) is 49.5 Å². The van der Waals surface area contributed by atoms with Crippen LogP contribution >= 0.6 is 34.7 Å². The van der Waals surface area contributed by atoms with E-state index in [0.717, 1.165) is 23.1 Å². The molecule has 1 aliphatic rings. The Kier molecular flexibility index (Phi) is 4.38. The number of rotatable bonds is 3. The van der Waals surface area contributed by atoms with Gasteiger partial charge in [0.25, 0.3) is 0 Å². The SMILES string of the molecule is Cc1csc(Sc2nc(Cl)nc(N3CCCCC3)n2)n1. The summed E-state index contributed by atoms with van der Waals surface area (Å²) in [6.07, 6.45) is 3.63. The minimum atomic E-state index is 0.247. The molecular weight excluding hydrogens is 314 g/mol. The zero-order valence-corrected chi connectivity index (χ0v) is 13.4. The molecule has 106 valence electrons. The highest BCUT2D eigenvalue weighted by molar-refractivity contribution is 8.00. The fraction of sp³-hybridized carbons (Fsp3) is 0.500. The van der Waals surface area contributed by atoms with Crippen molar-refractivity contribution in [3.05, 3.63) is 16.4 Å². The number of hydrogen-bond acceptors (Lipinski definition) is 7. The third-order valence-electron chi connectivity index (χ3n) is 2.99. The third kappa shape index (κ3) is 3.39. The Morgan fingerprint density at radius 1 is 1.15 bits per heavy atom. The lowest BCUT2D eigenvalue weighted by molar-refractivity contribution is 0.564. The molecule has 5 nitrogen and oxygen atoms in total. The number of aryl methyl sites for hydroxylation is 1. The highest BCUT2D eigenvalue weighted by atomic mass is 35.5. The van der Waals surface area contributed by atoms with Crippen molar-refractivity contribution >= 4 is 40.6 Å². The summed E-state index contributed by atoms with van der Waals surface area (Å²) in [5.41, 5.74) is 1.01. The molecule has 1 saturated heterocycles. The number of thiazole rings is 1. The maximum absolute atomic E-state index is 6.02. The van der Waals surface area contributed by atoms with E-state index in [2.05, 4.69) is 24.8 Å². The highest BCUT2D eigenvalue weighted by Gasteiger charge is 2.16. The first-order valence-corrected chi connectivity index (χ1v) is 8.54. The molecule has 8 heteroatoms. The molecule has 1 fully saturated rings. The second-order valence-corrected chi connectivity index (χ2v) is 7.00. The monoisotopic (exact) mass is 327 g/mol. The molecule has 0 N–H and O–H groups in total. The van der Waals surface area contributed by atoms with Crippen LogP contribution in [-0.2, 0) is 0 Å². The number of nitrogens with zero attached hydrogens (tertiary/aromatic N) is 5. The van der Waals surface area contributed by atoms with Crippen LogP contribution in [0.25, 0.3) is 0 Å². The zero-order chi connectivity index (χ0) is 13.9. The summed E-state index contributed by atoms with van der Waals surface area (Å²) in [7, 11) is 0. The van der Waals surface area contributed by atoms with Gasteiger partial charge in [0.05, 0.1) is 0 Å². The molecule has 0 saturated carbocycles. The van der Waals surface area contributed by atoms with Crippen LogP contribution in [-0.4, -0.2) is 33.0 Å². The van der Waals surface area contributed by atoms with Crippen LogP contribution in [0.2, 0.25) is 5.28 Å². The van der Waals surface area contributed by atoms with Gasteiger partial charge in [0, 0.05) is 24.2 Å². The van der Waals surface area contributed by atoms with Crippen LogP contribution in [0.4, 0.5) is 5.95 Å². The van der Waals surface area contributed by atoms with Gasteiger partial charge in [0.1, 0.15) is 0 Å². The van der Waals surface area contributed by atoms with Crippen LogP contribution in [0, 0.1) is 6.92 Å².